The molecule has 1 aliphatic rings. The largest absolute Gasteiger partial charge is 0.357 e. The van der Waals surface area contributed by atoms with Crippen LogP contribution in [0.1, 0.15) is 37.7 Å². The summed E-state index contributed by atoms with van der Waals surface area (Å²) in [7, 11) is 0. The average molecular weight is 548 g/mol. The van der Waals surface area contributed by atoms with Gasteiger partial charge in [-0.15, -0.1) is 34.2 Å². The Morgan fingerprint density at radius 1 is 1.12 bits per heavy atom. The molecule has 0 aliphatic carbocycles. The predicted octanol–water partition coefficient (Wildman–Crippen LogP) is 2.89. The molecular weight excluding hydrogens is 515 g/mol. The Morgan fingerprint density at radius 3 is 2.75 bits per heavy atom. The van der Waals surface area contributed by atoms with Crippen LogP contribution in [0.3, 0.4) is 0 Å². The fraction of sp³-hybridized carbons (Fsp3) is 0.478. The topological polar surface area (TPSA) is 82.7 Å². The zero-order valence-corrected chi connectivity index (χ0v) is 21.0. The van der Waals surface area contributed by atoms with E-state index < -0.39 is 0 Å². The van der Waals surface area contributed by atoms with Crippen molar-refractivity contribution in [3.8, 4) is 0 Å². The molecule has 9 heteroatoms. The zero-order chi connectivity index (χ0) is 21.3. The molecule has 0 amide bonds. The Morgan fingerprint density at radius 2 is 1.97 bits per heavy atom. The maximum Gasteiger partial charge on any atom is 0.191 e. The molecule has 0 saturated carbocycles. The van der Waals surface area contributed by atoms with E-state index in [2.05, 4.69) is 49.8 Å². The van der Waals surface area contributed by atoms with Crippen LogP contribution in [0.15, 0.2) is 53.8 Å². The third kappa shape index (κ3) is 6.86. The Bertz CT molecular complexity index is 966. The van der Waals surface area contributed by atoms with Crippen LogP contribution < -0.4 is 10.6 Å². The van der Waals surface area contributed by atoms with Crippen LogP contribution in [-0.2, 0) is 13.0 Å². The second-order valence-corrected chi connectivity index (χ2v) is 7.93. The molecule has 0 unspecified atom stereocenters. The molecule has 2 N–H and O–H groups in total. The highest BCUT2D eigenvalue weighted by atomic mass is 127. The normalized spacial score (nSPS) is 15.5. The Labute approximate surface area is 207 Å². The summed E-state index contributed by atoms with van der Waals surface area (Å²) in [5, 5.41) is 15.5. The van der Waals surface area contributed by atoms with Crippen molar-refractivity contribution in [2.24, 2.45) is 4.99 Å². The summed E-state index contributed by atoms with van der Waals surface area (Å²) in [6.07, 6.45) is 7.91. The van der Waals surface area contributed by atoms with E-state index in [1.54, 1.807) is 0 Å². The second kappa shape index (κ2) is 12.7. The summed E-state index contributed by atoms with van der Waals surface area (Å²) in [6, 6.07) is 12.5. The summed E-state index contributed by atoms with van der Waals surface area (Å²) in [6.45, 7) is 6.81. The van der Waals surface area contributed by atoms with E-state index in [-0.39, 0.29) is 24.0 Å². The van der Waals surface area contributed by atoms with Crippen LogP contribution in [-0.4, -0.2) is 62.7 Å². The van der Waals surface area contributed by atoms with Crippen molar-refractivity contribution < 1.29 is 0 Å². The van der Waals surface area contributed by atoms with Crippen molar-refractivity contribution in [3.05, 3.63) is 60.3 Å². The van der Waals surface area contributed by atoms with Gasteiger partial charge in [0.1, 0.15) is 5.82 Å². The van der Waals surface area contributed by atoms with E-state index in [0.717, 1.165) is 81.5 Å². The van der Waals surface area contributed by atoms with Gasteiger partial charge in [0, 0.05) is 57.6 Å². The number of nitrogens with one attached hydrogen (secondary N) is 2. The number of aliphatic imine (C=N–C) groups is 1. The van der Waals surface area contributed by atoms with Gasteiger partial charge in [0.2, 0.25) is 0 Å². The van der Waals surface area contributed by atoms with Crippen LogP contribution in [0.25, 0.3) is 5.65 Å². The maximum absolute atomic E-state index is 4.79. The van der Waals surface area contributed by atoms with Gasteiger partial charge in [0.05, 0.1) is 5.69 Å². The zero-order valence-electron chi connectivity index (χ0n) is 18.7. The van der Waals surface area contributed by atoms with E-state index in [1.807, 2.05) is 41.1 Å². The van der Waals surface area contributed by atoms with E-state index in [0.29, 0.717) is 6.04 Å². The lowest BCUT2D eigenvalue weighted by atomic mass is 10.0. The molecule has 0 radical (unpaired) electrons. The molecule has 1 saturated heterocycles. The van der Waals surface area contributed by atoms with E-state index in [9.17, 15) is 0 Å². The highest BCUT2D eigenvalue weighted by Gasteiger charge is 2.20. The molecule has 1 aliphatic heterocycles. The summed E-state index contributed by atoms with van der Waals surface area (Å²) < 4.78 is 2.05. The van der Waals surface area contributed by atoms with Gasteiger partial charge in [-0.05, 0) is 50.5 Å². The molecule has 0 aromatic carbocycles. The smallest absolute Gasteiger partial charge is 0.191 e. The molecule has 1 fully saturated rings. The minimum Gasteiger partial charge on any atom is -0.357 e. The van der Waals surface area contributed by atoms with Gasteiger partial charge in [-0.3, -0.25) is 19.3 Å². The van der Waals surface area contributed by atoms with Crippen molar-refractivity contribution in [1.29, 1.82) is 0 Å². The number of aryl methyl sites for hydroxylation is 1. The minimum absolute atomic E-state index is 0. The van der Waals surface area contributed by atoms with Crippen LogP contribution in [0.2, 0.25) is 0 Å². The van der Waals surface area contributed by atoms with Gasteiger partial charge < -0.3 is 10.6 Å². The van der Waals surface area contributed by atoms with E-state index >= 15 is 0 Å². The van der Waals surface area contributed by atoms with Gasteiger partial charge in [-0.2, -0.15) is 0 Å². The number of nitrogens with zero attached hydrogens (tertiary/aromatic N) is 6. The molecule has 172 valence electrons. The first-order valence-corrected chi connectivity index (χ1v) is 11.3. The lowest BCUT2D eigenvalue weighted by molar-refractivity contribution is 0.196. The third-order valence-electron chi connectivity index (χ3n) is 5.60. The van der Waals surface area contributed by atoms with Crippen LogP contribution in [0.5, 0.6) is 0 Å². The monoisotopic (exact) mass is 548 g/mol. The minimum atomic E-state index is 0. The quantitative estimate of drug-likeness (QED) is 0.195. The first-order valence-electron chi connectivity index (χ1n) is 11.3. The second-order valence-electron chi connectivity index (χ2n) is 7.93. The summed E-state index contributed by atoms with van der Waals surface area (Å²) in [4.78, 5) is 11.7. The number of aromatic nitrogens is 4. The van der Waals surface area contributed by atoms with Crippen LogP contribution >= 0.6 is 24.0 Å². The van der Waals surface area contributed by atoms with Gasteiger partial charge in [-0.25, -0.2) is 0 Å². The first-order chi connectivity index (χ1) is 15.3. The first kappa shape index (κ1) is 24.4. The summed E-state index contributed by atoms with van der Waals surface area (Å²) >= 11 is 0. The Hall–Kier alpha value is -2.27. The van der Waals surface area contributed by atoms with E-state index in [1.165, 1.54) is 0 Å². The third-order valence-corrected chi connectivity index (χ3v) is 5.60. The molecule has 0 spiro atoms. The van der Waals surface area contributed by atoms with Gasteiger partial charge in [0.15, 0.2) is 11.6 Å². The van der Waals surface area contributed by atoms with Crippen LogP contribution in [0.4, 0.5) is 0 Å². The number of hydrogen-bond acceptors (Lipinski definition) is 5. The molecule has 32 heavy (non-hydrogen) atoms. The fourth-order valence-corrected chi connectivity index (χ4v) is 3.96. The van der Waals surface area contributed by atoms with Gasteiger partial charge in [0.25, 0.3) is 0 Å². The van der Waals surface area contributed by atoms with Crippen molar-refractivity contribution in [2.75, 3.05) is 26.2 Å². The number of piperidine rings is 1. The molecule has 4 rings (SSSR count). The molecule has 3 aromatic rings. The molecule has 3 aromatic heterocycles. The number of fused-ring (bicyclic) bond motifs is 1. The number of rotatable bonds is 8. The van der Waals surface area contributed by atoms with Crippen molar-refractivity contribution >= 4 is 35.6 Å². The predicted molar refractivity (Wildman–Crippen MR) is 138 cm³/mol. The molecule has 0 bridgehead atoms. The number of guanidine groups is 1. The van der Waals surface area contributed by atoms with Crippen molar-refractivity contribution in [3.63, 3.8) is 0 Å². The van der Waals surface area contributed by atoms with Crippen molar-refractivity contribution in [1.82, 2.24) is 35.1 Å². The number of hydrogen-bond donors (Lipinski definition) is 2. The lowest BCUT2D eigenvalue weighted by Crippen LogP contribution is -2.48. The Balaban J connectivity index is 0.00000289. The fourth-order valence-electron chi connectivity index (χ4n) is 3.96. The summed E-state index contributed by atoms with van der Waals surface area (Å²) in [5.74, 6) is 1.90. The molecular formula is C23H33IN8. The summed E-state index contributed by atoms with van der Waals surface area (Å²) in [5.41, 5.74) is 2.04. The number of halogens is 1. The van der Waals surface area contributed by atoms with E-state index in [4.69, 9.17) is 4.99 Å². The standard InChI is InChI=1S/C23H32N8.HI/c1-2-24-23(26-14-7-10-22-29-28-21-9-4-6-15-31(21)22)27-19-11-16-30(17-12-19)18-20-8-3-5-13-25-20;/h3-6,8-9,13,15,19H,2,7,10-12,14,16-18H2,1H3,(H2,24,26,27);1H. The highest BCUT2D eigenvalue weighted by Crippen LogP contribution is 2.13. The maximum atomic E-state index is 4.79. The number of likely N-dealkylation sites (tertiary alicyclic amines) is 1. The lowest BCUT2D eigenvalue weighted by Gasteiger charge is -2.32. The number of pyridine rings is 2. The SMILES string of the molecule is CCNC(=NCCCc1nnc2ccccn12)NC1CCN(Cc2ccccn2)CC1.I. The highest BCUT2D eigenvalue weighted by molar-refractivity contribution is 14.0. The molecule has 0 atom stereocenters. The molecule has 4 heterocycles. The average Bonchev–Trinajstić information content (AvgIpc) is 3.22. The van der Waals surface area contributed by atoms with Gasteiger partial charge >= 0.3 is 0 Å². The Kier molecular flexibility index (Phi) is 9.66. The van der Waals surface area contributed by atoms with Gasteiger partial charge in [-0.1, -0.05) is 12.1 Å². The van der Waals surface area contributed by atoms with Crippen LogP contribution in [0, 0.1) is 0 Å². The van der Waals surface area contributed by atoms with Crippen molar-refractivity contribution in [2.45, 2.75) is 45.2 Å². The molecule has 8 nitrogen and oxygen atoms in total.